The molecule has 3 nitrogen and oxygen atoms in total. The van der Waals surface area contributed by atoms with E-state index < -0.39 is 0 Å². The zero-order chi connectivity index (χ0) is 36.6. The van der Waals surface area contributed by atoms with Crippen molar-refractivity contribution >= 4 is 84.8 Å². The molecule has 0 radical (unpaired) electrons. The number of fused-ring (bicyclic) bond motifs is 11. The number of benzene rings is 8. The molecule has 0 aliphatic heterocycles. The fourth-order valence-corrected chi connectivity index (χ4v) is 11.1. The maximum atomic E-state index is 11.5. The van der Waals surface area contributed by atoms with Crippen molar-refractivity contribution in [3.05, 3.63) is 175 Å². The lowest BCUT2D eigenvalue weighted by molar-refractivity contribution is 1.18. The van der Waals surface area contributed by atoms with E-state index in [2.05, 4.69) is 126 Å². The normalized spacial score (nSPS) is 11.6. The summed E-state index contributed by atoms with van der Waals surface area (Å²) in [5.41, 5.74) is 8.95. The quantitative estimate of drug-likeness (QED) is 0.181. The second kappa shape index (κ2) is 12.3. The van der Waals surface area contributed by atoms with Crippen LogP contribution in [0.2, 0.25) is 0 Å². The van der Waals surface area contributed by atoms with Crippen molar-refractivity contribution in [1.82, 2.24) is 4.57 Å². The molecule has 55 heavy (non-hydrogen) atoms. The molecule has 0 spiro atoms. The summed E-state index contributed by atoms with van der Waals surface area (Å²) in [6.07, 6.45) is 0. The Balaban J connectivity index is 1.47. The first kappa shape index (κ1) is 31.5. The van der Waals surface area contributed by atoms with Gasteiger partial charge in [0.2, 0.25) is 0 Å². The van der Waals surface area contributed by atoms with E-state index in [0.29, 0.717) is 11.1 Å². The van der Waals surface area contributed by atoms with E-state index in [9.17, 15) is 10.5 Å². The summed E-state index contributed by atoms with van der Waals surface area (Å²) in [5, 5.41) is 29.8. The van der Waals surface area contributed by atoms with E-state index in [0.717, 1.165) is 70.3 Å². The molecule has 0 saturated carbocycles. The van der Waals surface area contributed by atoms with Gasteiger partial charge in [0.15, 0.2) is 0 Å². The summed E-state index contributed by atoms with van der Waals surface area (Å²) in [6.45, 7) is 0. The van der Waals surface area contributed by atoms with Gasteiger partial charge >= 0.3 is 0 Å². The van der Waals surface area contributed by atoms with Crippen LogP contribution in [0.5, 0.6) is 0 Å². The summed E-state index contributed by atoms with van der Waals surface area (Å²) in [5.74, 6) is 0. The van der Waals surface area contributed by atoms with Crippen LogP contribution in [0.1, 0.15) is 11.1 Å². The largest absolute Gasteiger partial charge is 0.304 e. The highest BCUT2D eigenvalue weighted by molar-refractivity contribution is 7.27. The monoisotopic (exact) mass is 733 g/mol. The SMILES string of the molecule is N#Cc1c(C#N)c(-n2c3c(ccc4c5ccccc5sc43)c3ccc4c5ccccc5sc4c32)c(-c2ccccc2)c(-c2ccccc2)c1-c1ccccc1. The summed E-state index contributed by atoms with van der Waals surface area (Å²) in [7, 11) is 0. The van der Waals surface area contributed by atoms with E-state index in [4.69, 9.17) is 0 Å². The predicted molar refractivity (Wildman–Crippen MR) is 232 cm³/mol. The first-order chi connectivity index (χ1) is 27.2. The Morgan fingerprint density at radius 2 is 0.764 bits per heavy atom. The Hall–Kier alpha value is -7.02. The van der Waals surface area contributed by atoms with Gasteiger partial charge in [0, 0.05) is 58.4 Å². The first-order valence-electron chi connectivity index (χ1n) is 18.1. The van der Waals surface area contributed by atoms with Gasteiger partial charge in [0.05, 0.1) is 37.2 Å². The lowest BCUT2D eigenvalue weighted by Gasteiger charge is -2.25. The fourth-order valence-electron chi connectivity index (χ4n) is 8.62. The lowest BCUT2D eigenvalue weighted by atomic mass is 9.81. The third-order valence-electron chi connectivity index (χ3n) is 10.9. The Morgan fingerprint density at radius 1 is 0.364 bits per heavy atom. The van der Waals surface area contributed by atoms with Crippen LogP contribution < -0.4 is 0 Å². The van der Waals surface area contributed by atoms with Crippen molar-refractivity contribution < 1.29 is 0 Å². The minimum absolute atomic E-state index is 0.356. The van der Waals surface area contributed by atoms with Crippen molar-refractivity contribution in [2.75, 3.05) is 0 Å². The predicted octanol–water partition coefficient (Wildman–Crippen LogP) is 14.3. The van der Waals surface area contributed by atoms with Crippen molar-refractivity contribution in [1.29, 1.82) is 10.5 Å². The molecule has 254 valence electrons. The highest BCUT2D eigenvalue weighted by atomic mass is 32.1. The van der Waals surface area contributed by atoms with Crippen LogP contribution in [0.3, 0.4) is 0 Å². The summed E-state index contributed by atoms with van der Waals surface area (Å²) in [4.78, 5) is 0. The molecule has 8 aromatic carbocycles. The van der Waals surface area contributed by atoms with Crippen molar-refractivity contribution in [3.63, 3.8) is 0 Å². The molecule has 0 fully saturated rings. The zero-order valence-corrected chi connectivity index (χ0v) is 30.9. The van der Waals surface area contributed by atoms with Crippen LogP contribution in [0.15, 0.2) is 164 Å². The van der Waals surface area contributed by atoms with Crippen LogP contribution in [-0.2, 0) is 0 Å². The molecule has 0 amide bonds. The van der Waals surface area contributed by atoms with Gasteiger partial charge in [-0.05, 0) is 28.8 Å². The number of hydrogen-bond acceptors (Lipinski definition) is 4. The third-order valence-corrected chi connectivity index (χ3v) is 13.3. The topological polar surface area (TPSA) is 52.5 Å². The van der Waals surface area contributed by atoms with Crippen molar-refractivity contribution in [2.24, 2.45) is 0 Å². The Morgan fingerprint density at radius 3 is 1.24 bits per heavy atom. The Kier molecular flexibility index (Phi) is 7.03. The first-order valence-corrected chi connectivity index (χ1v) is 19.8. The molecule has 0 aliphatic carbocycles. The standard InChI is InChI=1S/C50H27N3S2/c51-28-39-40(29-52)46(45(32-18-8-3-9-19-32)44(31-16-6-2-7-17-31)43(39)30-14-4-1-5-15-30)53-47-35(24-26-37-33-20-10-12-22-41(33)54-49(37)47)36-25-27-38-34-21-11-13-23-42(34)55-50(38)48(36)53/h1-27H. The van der Waals surface area contributed by atoms with E-state index in [-0.39, 0.29) is 0 Å². The highest BCUT2D eigenvalue weighted by Crippen LogP contribution is 2.52. The fraction of sp³-hybridized carbons (Fsp3) is 0. The maximum Gasteiger partial charge on any atom is 0.103 e. The van der Waals surface area contributed by atoms with Gasteiger partial charge in [-0.25, -0.2) is 0 Å². The van der Waals surface area contributed by atoms with Crippen LogP contribution in [0, 0.1) is 22.7 Å². The summed E-state index contributed by atoms with van der Waals surface area (Å²) >= 11 is 3.57. The number of nitriles is 2. The van der Waals surface area contributed by atoms with Crippen LogP contribution >= 0.6 is 22.7 Å². The van der Waals surface area contributed by atoms with Gasteiger partial charge in [-0.15, -0.1) is 22.7 Å². The Bertz CT molecular complexity index is 3300. The molecule has 5 heteroatoms. The van der Waals surface area contributed by atoms with Crippen LogP contribution in [0.25, 0.3) is 101 Å². The number of rotatable bonds is 4. The van der Waals surface area contributed by atoms with Crippen molar-refractivity contribution in [2.45, 2.75) is 0 Å². The smallest absolute Gasteiger partial charge is 0.103 e. The molecule has 3 heterocycles. The van der Waals surface area contributed by atoms with Gasteiger partial charge in [0.25, 0.3) is 0 Å². The second-order valence-electron chi connectivity index (χ2n) is 13.8. The summed E-state index contributed by atoms with van der Waals surface area (Å²) < 4.78 is 7.08. The second-order valence-corrected chi connectivity index (χ2v) is 15.9. The molecular weight excluding hydrogens is 707 g/mol. The van der Waals surface area contributed by atoms with E-state index in [1.54, 1.807) is 22.7 Å². The highest BCUT2D eigenvalue weighted by Gasteiger charge is 2.31. The van der Waals surface area contributed by atoms with Crippen LogP contribution in [-0.4, -0.2) is 4.57 Å². The van der Waals surface area contributed by atoms with E-state index in [1.165, 1.54) is 30.9 Å². The molecule has 0 bridgehead atoms. The molecule has 0 unspecified atom stereocenters. The Labute approximate surface area is 324 Å². The minimum Gasteiger partial charge on any atom is -0.304 e. The average Bonchev–Trinajstić information content (AvgIpc) is 3.93. The number of aromatic nitrogens is 1. The molecular formula is C50H27N3S2. The molecule has 11 rings (SSSR count). The molecule has 0 N–H and O–H groups in total. The molecule has 3 aromatic heterocycles. The zero-order valence-electron chi connectivity index (χ0n) is 29.2. The van der Waals surface area contributed by atoms with Gasteiger partial charge in [-0.3, -0.25) is 0 Å². The van der Waals surface area contributed by atoms with E-state index in [1.807, 2.05) is 54.6 Å². The molecule has 11 aromatic rings. The van der Waals surface area contributed by atoms with E-state index >= 15 is 0 Å². The number of hydrogen-bond donors (Lipinski definition) is 0. The third kappa shape index (κ3) is 4.52. The van der Waals surface area contributed by atoms with Gasteiger partial charge in [-0.2, -0.15) is 10.5 Å². The minimum atomic E-state index is 0.356. The average molecular weight is 734 g/mol. The van der Waals surface area contributed by atoms with Gasteiger partial charge < -0.3 is 4.57 Å². The number of nitrogens with zero attached hydrogens (tertiary/aromatic N) is 3. The van der Waals surface area contributed by atoms with Gasteiger partial charge in [0.1, 0.15) is 12.1 Å². The number of thiophene rings is 2. The molecule has 0 atom stereocenters. The van der Waals surface area contributed by atoms with Crippen LogP contribution in [0.4, 0.5) is 0 Å². The van der Waals surface area contributed by atoms with Gasteiger partial charge in [-0.1, -0.05) is 152 Å². The molecule has 0 saturated heterocycles. The molecule has 0 aliphatic rings. The lowest BCUT2D eigenvalue weighted by Crippen LogP contribution is -2.08. The maximum absolute atomic E-state index is 11.5. The van der Waals surface area contributed by atoms with Crippen molar-refractivity contribution in [3.8, 4) is 51.2 Å². The summed E-state index contributed by atoms with van der Waals surface area (Å²) in [6, 6.07) is 62.2.